The lowest BCUT2D eigenvalue weighted by Gasteiger charge is -2.20. The van der Waals surface area contributed by atoms with Crippen molar-refractivity contribution in [3.8, 4) is 0 Å². The number of carbonyl (C=O) groups is 6. The van der Waals surface area contributed by atoms with Gasteiger partial charge >= 0.3 is 0 Å². The molecule has 7 atom stereocenters. The van der Waals surface area contributed by atoms with Crippen LogP contribution in [-0.2, 0) is 25.7 Å². The molecule has 0 radical (unpaired) electrons. The number of thiazole rings is 2. The van der Waals surface area contributed by atoms with Gasteiger partial charge in [0.1, 0.15) is 27.4 Å². The van der Waals surface area contributed by atoms with Crippen molar-refractivity contribution in [3.63, 3.8) is 0 Å². The molecule has 52 heavy (non-hydrogen) atoms. The summed E-state index contributed by atoms with van der Waals surface area (Å²) in [6, 6.07) is -0.887. The van der Waals surface area contributed by atoms with Crippen LogP contribution in [0.5, 0.6) is 0 Å². The van der Waals surface area contributed by atoms with Gasteiger partial charge in [-0.2, -0.15) is 0 Å². The summed E-state index contributed by atoms with van der Waals surface area (Å²) in [6.45, 7) is 7.59. The van der Waals surface area contributed by atoms with Crippen LogP contribution in [0.2, 0.25) is 0 Å². The quantitative estimate of drug-likeness (QED) is 0.136. The van der Waals surface area contributed by atoms with Gasteiger partial charge in [-0.3, -0.25) is 28.8 Å². The number of nitrogens with zero attached hydrogens (tertiary/aromatic N) is 2. The molecule has 4 amide bonds. The van der Waals surface area contributed by atoms with Crippen molar-refractivity contribution in [3.05, 3.63) is 54.6 Å². The highest BCUT2D eigenvalue weighted by molar-refractivity contribution is 7.10. The molecule has 15 nitrogen and oxygen atoms in total. The molecule has 6 heterocycles. The highest BCUT2D eigenvalue weighted by Crippen LogP contribution is 2.33. The summed E-state index contributed by atoms with van der Waals surface area (Å²) < 4.78 is 0. The Labute approximate surface area is 309 Å². The molecule has 2 aromatic rings. The molecule has 4 aliphatic heterocycles. The second-order valence-corrected chi connectivity index (χ2v) is 15.9. The van der Waals surface area contributed by atoms with Crippen LogP contribution in [0.15, 0.2) is 33.2 Å². The van der Waals surface area contributed by atoms with Gasteiger partial charge in [-0.05, 0) is 64.5 Å². The second-order valence-electron chi connectivity index (χ2n) is 14.1. The Morgan fingerprint density at radius 1 is 0.904 bits per heavy atom. The Morgan fingerprint density at radius 2 is 1.60 bits per heavy atom. The average molecular weight is 752 g/mol. The summed E-state index contributed by atoms with van der Waals surface area (Å²) in [4.78, 5) is 85.8. The summed E-state index contributed by atoms with van der Waals surface area (Å²) in [6.07, 6.45) is 3.67. The molecule has 2 saturated heterocycles. The van der Waals surface area contributed by atoms with Crippen LogP contribution in [0.4, 0.5) is 0 Å². The Morgan fingerprint density at radius 3 is 2.31 bits per heavy atom. The van der Waals surface area contributed by atoms with Crippen molar-refractivity contribution in [1.82, 2.24) is 41.9 Å². The predicted octanol–water partition coefficient (Wildman–Crippen LogP) is 1.29. The molecule has 0 aromatic carbocycles. The van der Waals surface area contributed by atoms with E-state index in [0.717, 1.165) is 48.2 Å². The number of hydrogen-bond donors (Lipinski definition) is 7. The van der Waals surface area contributed by atoms with Gasteiger partial charge in [0, 0.05) is 52.2 Å². The van der Waals surface area contributed by atoms with E-state index in [1.165, 1.54) is 16.7 Å². The maximum absolute atomic E-state index is 13.2. The zero-order valence-electron chi connectivity index (χ0n) is 29.6. The van der Waals surface area contributed by atoms with Crippen LogP contribution in [0.1, 0.15) is 103 Å². The number of nitrogens with one attached hydrogen (secondary N) is 6. The molecule has 0 aliphatic carbocycles. The summed E-state index contributed by atoms with van der Waals surface area (Å²) in [5.74, 6) is -2.25. The Hall–Kier alpha value is -4.16. The summed E-state index contributed by atoms with van der Waals surface area (Å²) >= 11 is 2.26. The van der Waals surface area contributed by atoms with Gasteiger partial charge in [-0.15, -0.1) is 22.7 Å². The van der Waals surface area contributed by atoms with E-state index in [9.17, 15) is 28.8 Å². The fourth-order valence-electron chi connectivity index (χ4n) is 7.40. The number of aromatic nitrogens is 2. The van der Waals surface area contributed by atoms with Crippen molar-refractivity contribution >= 4 is 57.9 Å². The summed E-state index contributed by atoms with van der Waals surface area (Å²) in [5.41, 5.74) is 9.26. The van der Waals surface area contributed by atoms with Crippen LogP contribution in [-0.4, -0.2) is 81.9 Å². The van der Waals surface area contributed by atoms with E-state index >= 15 is 0 Å². The van der Waals surface area contributed by atoms with Crippen molar-refractivity contribution in [1.29, 1.82) is 0 Å². The molecule has 278 valence electrons. The normalized spacial score (nSPS) is 26.5. The first-order chi connectivity index (χ1) is 24.8. The Kier molecular flexibility index (Phi) is 11.4. The average Bonchev–Trinajstić information content (AvgIpc) is 3.96. The monoisotopic (exact) mass is 751 g/mol. The standard InChI is InChI=1S/C35H45N9O6S2/c1-15-5-7-21(39-15)29-19(17(3)41-33(29)49)9-26(46)37-11-25(45)23-13-52-35(44-23)31(36)32(48)24-14-51-28(43-24)12-38-27(47)10-20-18(4)42-34(50)30(20)22-8-6-16(2)40-22/h13-16,18,21-22,29,31,39-40H,5-12,36H2,1-4H3,(H,37,46)(H,38,47)(H,41,49)(H,42,50)/t15-,16-,18?,21?,22?,29?,31?/m0/s1. The SMILES string of the molecule is CC1=C(CC(=O)NCC(=O)c2csc(C(N)C(=O)c3csc(CNC(=O)CC4=C(C5CC[C@H](C)N5)C(=O)NC4C)n3)n2)C(C2CC[C@H](C)N2)C(=O)N1. The zero-order valence-corrected chi connectivity index (χ0v) is 31.2. The number of ketones is 2. The first-order valence-electron chi connectivity index (χ1n) is 17.6. The molecule has 5 unspecified atom stereocenters. The van der Waals surface area contributed by atoms with E-state index in [1.807, 2.05) is 6.92 Å². The topological polar surface area (TPSA) is 226 Å². The predicted molar refractivity (Wildman–Crippen MR) is 194 cm³/mol. The zero-order chi connectivity index (χ0) is 37.3. The fourth-order valence-corrected chi connectivity index (χ4v) is 8.95. The van der Waals surface area contributed by atoms with Gasteiger partial charge in [0.2, 0.25) is 35.2 Å². The lowest BCUT2D eigenvalue weighted by Crippen LogP contribution is -2.40. The highest BCUT2D eigenvalue weighted by Gasteiger charge is 2.41. The number of amides is 4. The molecule has 0 spiro atoms. The molecule has 0 bridgehead atoms. The maximum Gasteiger partial charge on any atom is 0.249 e. The minimum Gasteiger partial charge on any atom is -0.349 e. The maximum atomic E-state index is 13.2. The first kappa shape index (κ1) is 37.6. The van der Waals surface area contributed by atoms with Gasteiger partial charge in [0.25, 0.3) is 0 Å². The van der Waals surface area contributed by atoms with Crippen molar-refractivity contribution < 1.29 is 28.8 Å². The van der Waals surface area contributed by atoms with Crippen LogP contribution in [0.3, 0.4) is 0 Å². The summed E-state index contributed by atoms with van der Waals surface area (Å²) in [5, 5.41) is 21.9. The Balaban J connectivity index is 0.981. The molecule has 6 rings (SSSR count). The molecular formula is C35H45N9O6S2. The van der Waals surface area contributed by atoms with Gasteiger partial charge in [0.15, 0.2) is 0 Å². The molecule has 0 saturated carbocycles. The smallest absolute Gasteiger partial charge is 0.249 e. The van der Waals surface area contributed by atoms with Crippen molar-refractivity contribution in [2.75, 3.05) is 6.54 Å². The minimum atomic E-state index is -1.16. The number of nitrogens with two attached hydrogens (primary N) is 1. The van der Waals surface area contributed by atoms with Gasteiger partial charge < -0.3 is 37.6 Å². The molecular weight excluding hydrogens is 707 g/mol. The van der Waals surface area contributed by atoms with E-state index in [1.54, 1.807) is 12.3 Å². The minimum absolute atomic E-state index is 0.00960. The van der Waals surface area contributed by atoms with E-state index in [-0.39, 0.29) is 84.1 Å². The van der Waals surface area contributed by atoms with Crippen LogP contribution >= 0.6 is 22.7 Å². The van der Waals surface area contributed by atoms with Crippen molar-refractivity contribution in [2.24, 2.45) is 11.7 Å². The largest absolute Gasteiger partial charge is 0.349 e. The number of allylic oxidation sites excluding steroid dienone is 1. The molecule has 17 heteroatoms. The van der Waals surface area contributed by atoms with E-state index in [0.29, 0.717) is 28.4 Å². The van der Waals surface area contributed by atoms with E-state index < -0.39 is 23.5 Å². The number of rotatable bonds is 14. The Bertz CT molecular complexity index is 1850. The first-order valence-corrected chi connectivity index (χ1v) is 19.4. The second kappa shape index (κ2) is 15.8. The molecule has 2 aromatic heterocycles. The van der Waals surface area contributed by atoms with Gasteiger partial charge in [0.05, 0.1) is 31.8 Å². The number of hydrogen-bond acceptors (Lipinski definition) is 13. The summed E-state index contributed by atoms with van der Waals surface area (Å²) in [7, 11) is 0. The molecule has 4 aliphatic rings. The van der Waals surface area contributed by atoms with Crippen LogP contribution in [0, 0.1) is 5.92 Å². The van der Waals surface area contributed by atoms with Crippen LogP contribution < -0.4 is 37.6 Å². The van der Waals surface area contributed by atoms with Crippen molar-refractivity contribution in [2.45, 2.75) is 109 Å². The third-order valence-electron chi connectivity index (χ3n) is 10.2. The lowest BCUT2D eigenvalue weighted by atomic mass is 9.89. The lowest BCUT2D eigenvalue weighted by molar-refractivity contribution is -0.123. The van der Waals surface area contributed by atoms with Crippen LogP contribution in [0.25, 0.3) is 0 Å². The number of Topliss-reactive ketones (excluding diaryl/α,β-unsaturated/α-hetero) is 2. The number of carbonyl (C=O) groups excluding carboxylic acids is 6. The third kappa shape index (κ3) is 8.23. The van der Waals surface area contributed by atoms with Gasteiger partial charge in [-0.1, -0.05) is 0 Å². The van der Waals surface area contributed by atoms with E-state index in [4.69, 9.17) is 5.73 Å². The fraction of sp³-hybridized carbons (Fsp3) is 0.543. The molecule has 8 N–H and O–H groups in total. The van der Waals surface area contributed by atoms with E-state index in [2.05, 4.69) is 55.7 Å². The third-order valence-corrected chi connectivity index (χ3v) is 12.0. The highest BCUT2D eigenvalue weighted by atomic mass is 32.1. The molecule has 2 fully saturated rings. The van der Waals surface area contributed by atoms with Gasteiger partial charge in [-0.25, -0.2) is 9.97 Å².